The normalized spacial score (nSPS) is 13.7. The largest absolute Gasteiger partial charge is 0.285 e. The highest BCUT2D eigenvalue weighted by Gasteiger charge is 2.36. The van der Waals surface area contributed by atoms with E-state index in [1.54, 1.807) is 24.3 Å². The van der Waals surface area contributed by atoms with E-state index in [2.05, 4.69) is 4.98 Å². The van der Waals surface area contributed by atoms with Crippen LogP contribution in [-0.2, 0) is 11.4 Å². The quantitative estimate of drug-likeness (QED) is 0.698. The average molecular weight is 304 g/mol. The summed E-state index contributed by atoms with van der Waals surface area (Å²) in [7, 11) is 0. The van der Waals surface area contributed by atoms with Gasteiger partial charge in [-0.3, -0.25) is 19.4 Å². The van der Waals surface area contributed by atoms with E-state index in [4.69, 9.17) is 4.84 Å². The highest BCUT2D eigenvalue weighted by molar-refractivity contribution is 6.20. The molecule has 0 unspecified atom stereocenters. The van der Waals surface area contributed by atoms with Gasteiger partial charge in [0.05, 0.1) is 22.3 Å². The maximum atomic E-state index is 12.2. The summed E-state index contributed by atoms with van der Waals surface area (Å²) in [5, 5.41) is 1.83. The summed E-state index contributed by atoms with van der Waals surface area (Å²) in [6.07, 6.45) is 0. The van der Waals surface area contributed by atoms with Crippen LogP contribution in [0.3, 0.4) is 0 Å². The maximum Gasteiger partial charge on any atom is 0.285 e. The first-order valence-corrected chi connectivity index (χ1v) is 7.19. The van der Waals surface area contributed by atoms with Gasteiger partial charge >= 0.3 is 0 Å². The van der Waals surface area contributed by atoms with Gasteiger partial charge in [-0.2, -0.15) is 0 Å². The van der Waals surface area contributed by atoms with Crippen molar-refractivity contribution in [1.29, 1.82) is 0 Å². The third-order valence-electron chi connectivity index (χ3n) is 3.75. The molecule has 2 heterocycles. The minimum atomic E-state index is -0.439. The monoisotopic (exact) mass is 304 g/mol. The van der Waals surface area contributed by atoms with Crippen LogP contribution in [0.5, 0.6) is 0 Å². The summed E-state index contributed by atoms with van der Waals surface area (Å²) in [6, 6.07) is 18.2. The number of aromatic nitrogens is 1. The van der Waals surface area contributed by atoms with Crippen LogP contribution in [-0.4, -0.2) is 21.9 Å². The van der Waals surface area contributed by atoms with Crippen LogP contribution in [0.4, 0.5) is 0 Å². The van der Waals surface area contributed by atoms with Gasteiger partial charge in [0.2, 0.25) is 0 Å². The second-order valence-corrected chi connectivity index (χ2v) is 5.22. The predicted octanol–water partition coefficient (Wildman–Crippen LogP) is 2.96. The van der Waals surface area contributed by atoms with Gasteiger partial charge in [-0.25, -0.2) is 0 Å². The highest BCUT2D eigenvalue weighted by atomic mass is 16.7. The molecule has 4 rings (SSSR count). The lowest BCUT2D eigenvalue weighted by molar-refractivity contribution is -0.101. The molecule has 0 atom stereocenters. The third-order valence-corrected chi connectivity index (χ3v) is 3.75. The zero-order chi connectivity index (χ0) is 15.8. The van der Waals surface area contributed by atoms with Gasteiger partial charge in [0, 0.05) is 5.39 Å². The van der Waals surface area contributed by atoms with Crippen LogP contribution in [0.2, 0.25) is 0 Å². The number of nitrogens with zero attached hydrogens (tertiary/aromatic N) is 2. The van der Waals surface area contributed by atoms with Crippen LogP contribution in [0.25, 0.3) is 10.9 Å². The van der Waals surface area contributed by atoms with Gasteiger partial charge in [-0.15, -0.1) is 5.06 Å². The lowest BCUT2D eigenvalue weighted by Gasteiger charge is -2.13. The zero-order valence-corrected chi connectivity index (χ0v) is 12.1. The van der Waals surface area contributed by atoms with Crippen LogP contribution < -0.4 is 0 Å². The van der Waals surface area contributed by atoms with E-state index in [0.717, 1.165) is 16.0 Å². The third kappa shape index (κ3) is 2.27. The Morgan fingerprint density at radius 2 is 1.48 bits per heavy atom. The summed E-state index contributed by atoms with van der Waals surface area (Å²) in [6.45, 7) is 0.0519. The molecule has 5 nitrogen and oxygen atoms in total. The summed E-state index contributed by atoms with van der Waals surface area (Å²) < 4.78 is 0. The first-order chi connectivity index (χ1) is 11.2. The Morgan fingerprint density at radius 1 is 0.826 bits per heavy atom. The summed E-state index contributed by atoms with van der Waals surface area (Å²) >= 11 is 0. The second-order valence-electron chi connectivity index (χ2n) is 5.22. The van der Waals surface area contributed by atoms with E-state index in [0.29, 0.717) is 16.8 Å². The molecule has 0 N–H and O–H groups in total. The number of rotatable bonds is 3. The number of amides is 2. The van der Waals surface area contributed by atoms with Crippen molar-refractivity contribution in [3.05, 3.63) is 77.5 Å². The molecule has 23 heavy (non-hydrogen) atoms. The van der Waals surface area contributed by atoms with Crippen molar-refractivity contribution in [3.63, 3.8) is 0 Å². The molecule has 1 aliphatic rings. The predicted molar refractivity (Wildman–Crippen MR) is 83.5 cm³/mol. The van der Waals surface area contributed by atoms with E-state index in [9.17, 15) is 9.59 Å². The number of imide groups is 1. The highest BCUT2D eigenvalue weighted by Crippen LogP contribution is 2.23. The van der Waals surface area contributed by atoms with Gasteiger partial charge in [-0.05, 0) is 24.3 Å². The molecule has 1 aliphatic heterocycles. The topological polar surface area (TPSA) is 59.5 Å². The Bertz CT molecular complexity index is 901. The Balaban J connectivity index is 1.55. The van der Waals surface area contributed by atoms with Crippen molar-refractivity contribution in [2.24, 2.45) is 0 Å². The zero-order valence-electron chi connectivity index (χ0n) is 12.1. The van der Waals surface area contributed by atoms with Crippen LogP contribution >= 0.6 is 0 Å². The smallest absolute Gasteiger partial charge is 0.266 e. The van der Waals surface area contributed by atoms with E-state index in [1.807, 2.05) is 36.4 Å². The number of carbonyl (C=O) groups is 2. The molecule has 112 valence electrons. The van der Waals surface area contributed by atoms with Crippen LogP contribution in [0.1, 0.15) is 26.4 Å². The molecular formula is C18H12N2O3. The molecule has 1 aromatic heterocycles. The van der Waals surface area contributed by atoms with E-state index < -0.39 is 11.8 Å². The minimum Gasteiger partial charge on any atom is -0.266 e. The molecule has 2 aromatic carbocycles. The SMILES string of the molecule is O=C1c2ccccc2C(=O)N1OCc1ccc2ccccc2n1. The van der Waals surface area contributed by atoms with Crippen LogP contribution in [0.15, 0.2) is 60.7 Å². The number of carbonyl (C=O) groups excluding carboxylic acids is 2. The fourth-order valence-corrected chi connectivity index (χ4v) is 2.60. The van der Waals surface area contributed by atoms with Crippen LogP contribution in [0, 0.1) is 0 Å². The standard InChI is InChI=1S/C18H12N2O3/c21-17-14-6-2-3-7-15(14)18(22)20(17)23-11-13-10-9-12-5-1-4-8-16(12)19-13/h1-10H,11H2. The molecule has 0 spiro atoms. The maximum absolute atomic E-state index is 12.2. The lowest BCUT2D eigenvalue weighted by Crippen LogP contribution is -2.29. The van der Waals surface area contributed by atoms with Crippen molar-refractivity contribution in [3.8, 4) is 0 Å². The van der Waals surface area contributed by atoms with Gasteiger partial charge in [0.25, 0.3) is 11.8 Å². The Kier molecular flexibility index (Phi) is 3.13. The van der Waals surface area contributed by atoms with Crippen molar-refractivity contribution >= 4 is 22.7 Å². The van der Waals surface area contributed by atoms with Gasteiger partial charge in [0.15, 0.2) is 0 Å². The first kappa shape index (κ1) is 13.6. The summed E-state index contributed by atoms with van der Waals surface area (Å²) in [4.78, 5) is 34.3. The number of hydrogen-bond acceptors (Lipinski definition) is 4. The fourth-order valence-electron chi connectivity index (χ4n) is 2.60. The Morgan fingerprint density at radius 3 is 2.22 bits per heavy atom. The number of para-hydroxylation sites is 1. The minimum absolute atomic E-state index is 0.0519. The van der Waals surface area contributed by atoms with Crippen molar-refractivity contribution in [2.45, 2.75) is 6.61 Å². The molecule has 5 heteroatoms. The number of benzene rings is 2. The summed E-state index contributed by atoms with van der Waals surface area (Å²) in [5.74, 6) is -0.877. The van der Waals surface area contributed by atoms with Crippen molar-refractivity contribution < 1.29 is 14.4 Å². The molecular weight excluding hydrogens is 292 g/mol. The Hall–Kier alpha value is -3.05. The van der Waals surface area contributed by atoms with E-state index in [1.165, 1.54) is 0 Å². The second kappa shape index (κ2) is 5.30. The molecule has 3 aromatic rings. The molecule has 0 saturated carbocycles. The molecule has 0 fully saturated rings. The van der Waals surface area contributed by atoms with Crippen molar-refractivity contribution in [2.75, 3.05) is 0 Å². The molecule has 2 amide bonds. The van der Waals surface area contributed by atoms with E-state index >= 15 is 0 Å². The van der Waals surface area contributed by atoms with Crippen molar-refractivity contribution in [1.82, 2.24) is 10.0 Å². The van der Waals surface area contributed by atoms with Gasteiger partial charge < -0.3 is 0 Å². The molecule has 0 aliphatic carbocycles. The first-order valence-electron chi connectivity index (χ1n) is 7.19. The number of hydrogen-bond donors (Lipinski definition) is 0. The van der Waals surface area contributed by atoms with Gasteiger partial charge in [-0.1, -0.05) is 36.4 Å². The average Bonchev–Trinajstić information content (AvgIpc) is 2.84. The molecule has 0 saturated heterocycles. The summed E-state index contributed by atoms with van der Waals surface area (Å²) in [5.41, 5.74) is 2.23. The lowest BCUT2D eigenvalue weighted by atomic mass is 10.1. The number of hydroxylamine groups is 2. The fraction of sp³-hybridized carbons (Fsp3) is 0.0556. The Labute approximate surface area is 132 Å². The molecule has 0 radical (unpaired) electrons. The van der Waals surface area contributed by atoms with E-state index in [-0.39, 0.29) is 6.61 Å². The number of fused-ring (bicyclic) bond motifs is 2. The number of pyridine rings is 1. The van der Waals surface area contributed by atoms with Gasteiger partial charge in [0.1, 0.15) is 6.61 Å². The molecule has 0 bridgehead atoms.